The average Bonchev–Trinajstić information content (AvgIpc) is 2.46. The number of hydrogen-bond donors (Lipinski definition) is 0. The van der Waals surface area contributed by atoms with Gasteiger partial charge >= 0.3 is 0 Å². The fourth-order valence-corrected chi connectivity index (χ4v) is 2.95. The molecule has 2 heterocycles. The molecule has 0 N–H and O–H groups in total. The molecule has 108 valence electrons. The summed E-state index contributed by atoms with van der Waals surface area (Å²) in [5, 5.41) is 0.436. The number of fused-ring (bicyclic) bond motifs is 1. The minimum absolute atomic E-state index is 0.0839. The second-order valence-electron chi connectivity index (χ2n) is 5.27. The lowest BCUT2D eigenvalue weighted by Gasteiger charge is -2.22. The molecule has 0 saturated carbocycles. The summed E-state index contributed by atoms with van der Waals surface area (Å²) >= 11 is 5.90. The first-order valence-corrected chi connectivity index (χ1v) is 7.50. The smallest absolute Gasteiger partial charge is 0.173 e. The van der Waals surface area contributed by atoms with Crippen molar-refractivity contribution in [1.82, 2.24) is 15.0 Å². The maximum Gasteiger partial charge on any atom is 0.173 e. The first-order chi connectivity index (χ1) is 10.1. The van der Waals surface area contributed by atoms with Gasteiger partial charge in [0, 0.05) is 11.3 Å². The molecule has 3 rings (SSSR count). The van der Waals surface area contributed by atoms with Gasteiger partial charge in [-0.15, -0.1) is 0 Å². The van der Waals surface area contributed by atoms with Gasteiger partial charge in [-0.25, -0.2) is 15.0 Å². The highest BCUT2D eigenvalue weighted by Gasteiger charge is 2.30. The largest absolute Gasteiger partial charge is 0.293 e. The molecule has 4 nitrogen and oxygen atoms in total. The molecule has 2 aromatic rings. The van der Waals surface area contributed by atoms with Gasteiger partial charge in [0.25, 0.3) is 0 Å². The number of nitrogens with zero attached hydrogens (tertiary/aromatic N) is 3. The van der Waals surface area contributed by atoms with Crippen molar-refractivity contribution < 1.29 is 4.79 Å². The Labute approximate surface area is 128 Å². The van der Waals surface area contributed by atoms with Crippen LogP contribution in [-0.2, 0) is 12.8 Å². The summed E-state index contributed by atoms with van der Waals surface area (Å²) in [4.78, 5) is 25.8. The van der Waals surface area contributed by atoms with E-state index < -0.39 is 0 Å². The summed E-state index contributed by atoms with van der Waals surface area (Å²) < 4.78 is 0. The Morgan fingerprint density at radius 1 is 1.29 bits per heavy atom. The summed E-state index contributed by atoms with van der Waals surface area (Å²) in [6.07, 6.45) is 2.31. The molecule has 0 bridgehead atoms. The number of aromatic nitrogens is 3. The monoisotopic (exact) mass is 301 g/mol. The topological polar surface area (TPSA) is 55.7 Å². The summed E-state index contributed by atoms with van der Waals surface area (Å²) in [5.74, 6) is 0.602. The van der Waals surface area contributed by atoms with Crippen LogP contribution in [0.2, 0.25) is 5.15 Å². The Morgan fingerprint density at radius 2 is 2.10 bits per heavy atom. The lowest BCUT2D eigenvalue weighted by atomic mass is 9.83. The molecule has 1 unspecified atom stereocenters. The first-order valence-electron chi connectivity index (χ1n) is 7.12. The van der Waals surface area contributed by atoms with Gasteiger partial charge in [0.15, 0.2) is 5.78 Å². The van der Waals surface area contributed by atoms with E-state index >= 15 is 0 Å². The number of carbonyl (C=O) groups excluding carboxylic acids is 1. The fourth-order valence-electron chi connectivity index (χ4n) is 2.79. The van der Waals surface area contributed by atoms with Crippen LogP contribution in [-0.4, -0.2) is 20.7 Å². The third-order valence-electron chi connectivity index (χ3n) is 3.82. The van der Waals surface area contributed by atoms with Crippen LogP contribution in [0.5, 0.6) is 0 Å². The van der Waals surface area contributed by atoms with E-state index in [0.29, 0.717) is 10.7 Å². The molecule has 21 heavy (non-hydrogen) atoms. The Morgan fingerprint density at radius 3 is 2.86 bits per heavy atom. The molecular formula is C16H16ClN3O. The standard InChI is InChI=1S/C16H16ClN3O/c1-3-10-8-14(19-9(2)18-10)12-4-6-13-11(16(12)21)5-7-15(17)20-13/h5,7-8,12H,3-4,6H2,1-2H3. The lowest BCUT2D eigenvalue weighted by molar-refractivity contribution is 0.0943. The van der Waals surface area contributed by atoms with Crippen molar-refractivity contribution in [3.05, 3.63) is 51.8 Å². The Hall–Kier alpha value is -1.81. The highest BCUT2D eigenvalue weighted by atomic mass is 35.5. The second-order valence-corrected chi connectivity index (χ2v) is 5.66. The van der Waals surface area contributed by atoms with Gasteiger partial charge in [-0.1, -0.05) is 18.5 Å². The van der Waals surface area contributed by atoms with Crippen molar-refractivity contribution in [2.24, 2.45) is 0 Å². The third kappa shape index (κ3) is 2.68. The maximum atomic E-state index is 12.7. The molecule has 0 spiro atoms. The van der Waals surface area contributed by atoms with E-state index in [-0.39, 0.29) is 11.7 Å². The van der Waals surface area contributed by atoms with E-state index in [9.17, 15) is 4.79 Å². The van der Waals surface area contributed by atoms with Gasteiger partial charge < -0.3 is 0 Å². The van der Waals surface area contributed by atoms with Crippen molar-refractivity contribution in [3.8, 4) is 0 Å². The van der Waals surface area contributed by atoms with E-state index in [4.69, 9.17) is 11.6 Å². The number of ketones is 1. The molecule has 0 radical (unpaired) electrons. The third-order valence-corrected chi connectivity index (χ3v) is 4.03. The summed E-state index contributed by atoms with van der Waals surface area (Å²) in [6, 6.07) is 5.39. The van der Waals surface area contributed by atoms with Crippen LogP contribution in [0.4, 0.5) is 0 Å². The Kier molecular flexibility index (Phi) is 3.72. The van der Waals surface area contributed by atoms with E-state index in [2.05, 4.69) is 21.9 Å². The molecular weight excluding hydrogens is 286 g/mol. The van der Waals surface area contributed by atoms with Crippen LogP contribution in [0, 0.1) is 6.92 Å². The van der Waals surface area contributed by atoms with Gasteiger partial charge in [-0.05, 0) is 44.4 Å². The fraction of sp³-hybridized carbons (Fsp3) is 0.375. The summed E-state index contributed by atoms with van der Waals surface area (Å²) in [7, 11) is 0. The van der Waals surface area contributed by atoms with E-state index in [0.717, 1.165) is 42.2 Å². The molecule has 2 aromatic heterocycles. The van der Waals surface area contributed by atoms with Gasteiger partial charge in [-0.2, -0.15) is 0 Å². The zero-order chi connectivity index (χ0) is 15.0. The number of pyridine rings is 1. The molecule has 5 heteroatoms. The molecule has 0 fully saturated rings. The summed E-state index contributed by atoms with van der Waals surface area (Å²) in [5.41, 5.74) is 3.27. The van der Waals surface area contributed by atoms with E-state index in [1.165, 1.54) is 0 Å². The average molecular weight is 302 g/mol. The van der Waals surface area contributed by atoms with E-state index in [1.807, 2.05) is 13.0 Å². The maximum absolute atomic E-state index is 12.7. The molecule has 0 amide bonds. The SMILES string of the molecule is CCc1cc(C2CCc3nc(Cl)ccc3C2=O)nc(C)n1. The first kappa shape index (κ1) is 14.1. The quantitative estimate of drug-likeness (QED) is 0.799. The molecule has 0 aromatic carbocycles. The zero-order valence-electron chi connectivity index (χ0n) is 12.1. The number of rotatable bonds is 2. The highest BCUT2D eigenvalue weighted by Crippen LogP contribution is 2.32. The van der Waals surface area contributed by atoms with Crippen LogP contribution in [0.1, 0.15) is 52.5 Å². The molecule has 0 aliphatic heterocycles. The van der Waals surface area contributed by atoms with E-state index in [1.54, 1.807) is 12.1 Å². The van der Waals surface area contributed by atoms with Crippen LogP contribution in [0.25, 0.3) is 0 Å². The van der Waals surface area contributed by atoms with Crippen molar-refractivity contribution in [2.45, 2.75) is 39.0 Å². The minimum atomic E-state index is -0.201. The van der Waals surface area contributed by atoms with Crippen LogP contribution in [0.3, 0.4) is 0 Å². The second kappa shape index (κ2) is 5.53. The molecule has 1 aliphatic carbocycles. The van der Waals surface area contributed by atoms with Gasteiger partial charge in [0.05, 0.1) is 17.3 Å². The predicted octanol–water partition coefficient (Wildman–Crippen LogP) is 3.31. The summed E-state index contributed by atoms with van der Waals surface area (Å²) in [6.45, 7) is 3.92. The number of Topliss-reactive ketones (excluding diaryl/α,β-unsaturated/α-hetero) is 1. The van der Waals surface area contributed by atoms with Gasteiger partial charge in [-0.3, -0.25) is 4.79 Å². The molecule has 1 aliphatic rings. The van der Waals surface area contributed by atoms with Crippen LogP contribution < -0.4 is 0 Å². The normalized spacial score (nSPS) is 17.7. The number of hydrogen-bond acceptors (Lipinski definition) is 4. The van der Waals surface area contributed by atoms with Gasteiger partial charge in [0.2, 0.25) is 0 Å². The Bertz CT molecular complexity index is 715. The minimum Gasteiger partial charge on any atom is -0.293 e. The van der Waals surface area contributed by atoms with Crippen molar-refractivity contribution in [3.63, 3.8) is 0 Å². The van der Waals surface area contributed by atoms with Crippen LogP contribution >= 0.6 is 11.6 Å². The highest BCUT2D eigenvalue weighted by molar-refractivity contribution is 6.29. The zero-order valence-corrected chi connectivity index (χ0v) is 12.8. The predicted molar refractivity (Wildman–Crippen MR) is 80.8 cm³/mol. The van der Waals surface area contributed by atoms with Crippen molar-refractivity contribution in [1.29, 1.82) is 0 Å². The van der Waals surface area contributed by atoms with Crippen LogP contribution in [0.15, 0.2) is 18.2 Å². The van der Waals surface area contributed by atoms with Crippen molar-refractivity contribution in [2.75, 3.05) is 0 Å². The van der Waals surface area contributed by atoms with Crippen molar-refractivity contribution >= 4 is 17.4 Å². The number of carbonyl (C=O) groups is 1. The number of aryl methyl sites for hydroxylation is 3. The van der Waals surface area contributed by atoms with Gasteiger partial charge in [0.1, 0.15) is 11.0 Å². The number of halogens is 1. The molecule has 0 saturated heterocycles. The Balaban J connectivity index is 2.00. The lowest BCUT2D eigenvalue weighted by Crippen LogP contribution is -2.23. The molecule has 1 atom stereocenters.